The lowest BCUT2D eigenvalue weighted by Crippen LogP contribution is -2.12. The number of aromatic nitrogens is 2. The summed E-state index contributed by atoms with van der Waals surface area (Å²) >= 11 is 1.13. The van der Waals surface area contributed by atoms with Gasteiger partial charge in [-0.15, -0.1) is 11.3 Å². The Balaban J connectivity index is 1.81. The summed E-state index contributed by atoms with van der Waals surface area (Å²) in [6.07, 6.45) is 2.85. The van der Waals surface area contributed by atoms with Crippen molar-refractivity contribution in [1.82, 2.24) is 9.97 Å². The lowest BCUT2D eigenvalue weighted by Gasteiger charge is -2.13. The van der Waals surface area contributed by atoms with Crippen LogP contribution in [-0.4, -0.2) is 25.0 Å². The highest BCUT2D eigenvalue weighted by Gasteiger charge is 2.19. The quantitative estimate of drug-likeness (QED) is 0.451. The van der Waals surface area contributed by atoms with Crippen LogP contribution in [-0.2, 0) is 10.0 Å². The van der Waals surface area contributed by atoms with Crippen molar-refractivity contribution in [2.75, 3.05) is 4.72 Å². The average molecular weight is 451 g/mol. The number of anilines is 1. The molecule has 4 aromatic rings. The zero-order valence-corrected chi connectivity index (χ0v) is 16.6. The molecule has 0 unspecified atom stereocenters. The topological polar surface area (TPSA) is 81.2 Å². The zero-order chi connectivity index (χ0) is 21.3. The van der Waals surface area contributed by atoms with Crippen LogP contribution in [0.2, 0.25) is 0 Å². The summed E-state index contributed by atoms with van der Waals surface area (Å²) in [5.41, 5.74) is 0.205. The molecule has 4 rings (SSSR count). The van der Waals surface area contributed by atoms with Crippen molar-refractivity contribution in [3.05, 3.63) is 66.1 Å². The summed E-state index contributed by atoms with van der Waals surface area (Å²) < 4.78 is 71.4. The summed E-state index contributed by atoms with van der Waals surface area (Å²) in [7, 11) is -3.89. The van der Waals surface area contributed by atoms with E-state index in [1.165, 1.54) is 30.6 Å². The average Bonchev–Trinajstić information content (AvgIpc) is 3.20. The molecule has 154 valence electrons. The van der Waals surface area contributed by atoms with Gasteiger partial charge in [-0.25, -0.2) is 17.8 Å². The highest BCUT2D eigenvalue weighted by molar-refractivity contribution is 7.93. The van der Waals surface area contributed by atoms with Crippen LogP contribution < -0.4 is 9.46 Å². The van der Waals surface area contributed by atoms with E-state index in [-0.39, 0.29) is 27.0 Å². The lowest BCUT2D eigenvalue weighted by atomic mass is 10.0. The number of thiazole rings is 1. The van der Waals surface area contributed by atoms with Gasteiger partial charge in [0.25, 0.3) is 10.0 Å². The standard InChI is InChI=1S/C19H12F3N3O3S2/c20-12-1-4-16(28-18(21)22)15(10-12)17-14-3-2-13(9-11(14)5-6-23-17)30(26,27)25-19-24-7-8-29-19/h1-10,18H,(H,24,25). The molecule has 0 atom stereocenters. The molecule has 0 aliphatic heterocycles. The van der Waals surface area contributed by atoms with E-state index in [0.29, 0.717) is 10.8 Å². The molecule has 6 nitrogen and oxygen atoms in total. The predicted octanol–water partition coefficient (Wildman–Crippen LogP) is 4.90. The third kappa shape index (κ3) is 4.07. The Morgan fingerprint density at radius 2 is 1.87 bits per heavy atom. The van der Waals surface area contributed by atoms with Gasteiger partial charge in [0.05, 0.1) is 10.6 Å². The number of alkyl halides is 2. The third-order valence-corrected chi connectivity index (χ3v) is 6.27. The van der Waals surface area contributed by atoms with Gasteiger partial charge in [0.15, 0.2) is 5.13 Å². The minimum Gasteiger partial charge on any atom is -0.434 e. The van der Waals surface area contributed by atoms with Gasteiger partial charge in [0, 0.05) is 28.7 Å². The van der Waals surface area contributed by atoms with E-state index < -0.39 is 22.5 Å². The fraction of sp³-hybridized carbons (Fsp3) is 0.0526. The summed E-state index contributed by atoms with van der Waals surface area (Å²) in [6, 6.07) is 8.92. The molecule has 0 fully saturated rings. The van der Waals surface area contributed by atoms with Gasteiger partial charge in [0.1, 0.15) is 11.6 Å². The summed E-state index contributed by atoms with van der Waals surface area (Å²) in [6.45, 7) is -3.10. The molecule has 2 aromatic heterocycles. The van der Waals surface area contributed by atoms with Crippen molar-refractivity contribution >= 4 is 37.3 Å². The van der Waals surface area contributed by atoms with Crippen LogP contribution >= 0.6 is 11.3 Å². The Morgan fingerprint density at radius 1 is 1.03 bits per heavy atom. The molecule has 11 heteroatoms. The first-order valence-electron chi connectivity index (χ1n) is 8.39. The first-order valence-corrected chi connectivity index (χ1v) is 10.8. The number of fused-ring (bicyclic) bond motifs is 1. The maximum Gasteiger partial charge on any atom is 0.387 e. The van der Waals surface area contributed by atoms with Crippen molar-refractivity contribution < 1.29 is 26.3 Å². The molecule has 2 aromatic carbocycles. The Hall–Kier alpha value is -3.18. The van der Waals surface area contributed by atoms with Crippen LogP contribution in [0.3, 0.4) is 0 Å². The molecule has 0 bridgehead atoms. The molecule has 0 saturated heterocycles. The number of benzene rings is 2. The van der Waals surface area contributed by atoms with Crippen LogP contribution in [0, 0.1) is 5.82 Å². The van der Waals surface area contributed by atoms with Gasteiger partial charge in [-0.05, 0) is 41.8 Å². The third-order valence-electron chi connectivity index (χ3n) is 4.11. The zero-order valence-electron chi connectivity index (χ0n) is 14.9. The number of nitrogens with one attached hydrogen (secondary N) is 1. The fourth-order valence-corrected chi connectivity index (χ4v) is 4.70. The van der Waals surface area contributed by atoms with Crippen LogP contribution in [0.4, 0.5) is 18.3 Å². The van der Waals surface area contributed by atoms with E-state index in [0.717, 1.165) is 29.5 Å². The highest BCUT2D eigenvalue weighted by Crippen LogP contribution is 2.35. The molecule has 30 heavy (non-hydrogen) atoms. The first-order chi connectivity index (χ1) is 14.3. The van der Waals surface area contributed by atoms with Crippen LogP contribution in [0.1, 0.15) is 0 Å². The first kappa shape index (κ1) is 20.1. The Labute approximate surface area is 173 Å². The van der Waals surface area contributed by atoms with E-state index in [1.807, 2.05) is 0 Å². The molecule has 0 radical (unpaired) electrons. The molecular weight excluding hydrogens is 439 g/mol. The summed E-state index contributed by atoms with van der Waals surface area (Å²) in [4.78, 5) is 8.04. The van der Waals surface area contributed by atoms with Crippen molar-refractivity contribution in [3.63, 3.8) is 0 Å². The van der Waals surface area contributed by atoms with Gasteiger partial charge >= 0.3 is 6.61 Å². The number of hydrogen-bond acceptors (Lipinski definition) is 6. The van der Waals surface area contributed by atoms with E-state index in [2.05, 4.69) is 19.4 Å². The monoisotopic (exact) mass is 451 g/mol. The smallest absolute Gasteiger partial charge is 0.387 e. The van der Waals surface area contributed by atoms with E-state index >= 15 is 0 Å². The van der Waals surface area contributed by atoms with Crippen LogP contribution in [0.25, 0.3) is 22.0 Å². The maximum absolute atomic E-state index is 13.8. The largest absolute Gasteiger partial charge is 0.434 e. The number of sulfonamides is 1. The van der Waals surface area contributed by atoms with Gasteiger partial charge in [-0.3, -0.25) is 9.71 Å². The van der Waals surface area contributed by atoms with Gasteiger partial charge in [-0.2, -0.15) is 8.78 Å². The second-order valence-corrected chi connectivity index (χ2v) is 8.58. The Kier molecular flexibility index (Phi) is 5.31. The van der Waals surface area contributed by atoms with E-state index in [1.54, 1.807) is 11.4 Å². The minimum atomic E-state index is -3.89. The molecule has 1 N–H and O–H groups in total. The number of hydrogen-bond donors (Lipinski definition) is 1. The maximum atomic E-state index is 13.8. The summed E-state index contributed by atoms with van der Waals surface area (Å²) in [5, 5.41) is 2.76. The van der Waals surface area contributed by atoms with E-state index in [4.69, 9.17) is 0 Å². The van der Waals surface area contributed by atoms with Crippen molar-refractivity contribution in [2.24, 2.45) is 0 Å². The summed E-state index contributed by atoms with van der Waals surface area (Å²) in [5.74, 6) is -0.897. The normalized spacial score (nSPS) is 11.7. The van der Waals surface area contributed by atoms with Crippen LogP contribution in [0.15, 0.2) is 65.1 Å². The SMILES string of the molecule is O=S(=O)(Nc1nccs1)c1ccc2c(-c3cc(F)ccc3OC(F)F)nccc2c1. The minimum absolute atomic E-state index is 0.0225. The van der Waals surface area contributed by atoms with Gasteiger partial charge < -0.3 is 4.74 Å². The number of nitrogens with zero attached hydrogens (tertiary/aromatic N) is 2. The van der Waals surface area contributed by atoms with Crippen molar-refractivity contribution in [1.29, 1.82) is 0 Å². The Morgan fingerprint density at radius 3 is 2.60 bits per heavy atom. The second-order valence-electron chi connectivity index (χ2n) is 6.00. The van der Waals surface area contributed by atoms with Crippen LogP contribution in [0.5, 0.6) is 5.75 Å². The molecule has 0 saturated carbocycles. The van der Waals surface area contributed by atoms with Gasteiger partial charge in [0.2, 0.25) is 0 Å². The lowest BCUT2D eigenvalue weighted by molar-refractivity contribution is -0.0495. The highest BCUT2D eigenvalue weighted by atomic mass is 32.2. The molecule has 0 aliphatic carbocycles. The number of pyridine rings is 1. The fourth-order valence-electron chi connectivity index (χ4n) is 2.87. The number of rotatable bonds is 6. The van der Waals surface area contributed by atoms with Gasteiger partial charge in [-0.1, -0.05) is 6.07 Å². The van der Waals surface area contributed by atoms with E-state index in [9.17, 15) is 21.6 Å². The predicted molar refractivity (Wildman–Crippen MR) is 107 cm³/mol. The molecule has 0 aliphatic rings. The number of ether oxygens (including phenoxy) is 1. The van der Waals surface area contributed by atoms with Crippen molar-refractivity contribution in [3.8, 4) is 17.0 Å². The molecule has 0 amide bonds. The molecular formula is C19H12F3N3O3S2. The second kappa shape index (κ2) is 7.92. The number of halogens is 3. The molecule has 2 heterocycles. The molecule has 0 spiro atoms. The van der Waals surface area contributed by atoms with Crippen molar-refractivity contribution in [2.45, 2.75) is 11.5 Å². The Bertz CT molecular complexity index is 1310.